The van der Waals surface area contributed by atoms with Crippen LogP contribution in [0.5, 0.6) is 5.75 Å². The van der Waals surface area contributed by atoms with Crippen LogP contribution in [0.15, 0.2) is 41.7 Å². The monoisotopic (exact) mass is 311 g/mol. The molecule has 3 rings (SSSR count). The van der Waals surface area contributed by atoms with Crippen molar-refractivity contribution in [2.75, 3.05) is 23.7 Å². The number of nitroso groups, excluding NO2 is 1. The van der Waals surface area contributed by atoms with Gasteiger partial charge < -0.3 is 15.7 Å². The number of phenols is 1. The molecule has 0 saturated carbocycles. The predicted octanol–water partition coefficient (Wildman–Crippen LogP) is 2.13. The SMILES string of the molecule is N=C(c1ccnc(N2CC[C@H](N=O)C2)c1)c1cc(O)ccc1N. The second kappa shape index (κ2) is 6.04. The fraction of sp³-hybridized carbons (Fsp3) is 0.250. The van der Waals surface area contributed by atoms with E-state index in [-0.39, 0.29) is 17.5 Å². The van der Waals surface area contributed by atoms with Crippen molar-refractivity contribution in [1.29, 1.82) is 5.41 Å². The first-order chi connectivity index (χ1) is 11.1. The van der Waals surface area contributed by atoms with Crippen LogP contribution >= 0.6 is 0 Å². The molecule has 1 saturated heterocycles. The van der Waals surface area contributed by atoms with E-state index in [2.05, 4.69) is 10.2 Å². The highest BCUT2D eigenvalue weighted by atomic mass is 16.3. The molecule has 0 spiro atoms. The summed E-state index contributed by atoms with van der Waals surface area (Å²) in [6.45, 7) is 1.26. The van der Waals surface area contributed by atoms with Crippen LogP contribution in [0, 0.1) is 10.3 Å². The van der Waals surface area contributed by atoms with Gasteiger partial charge in [0.25, 0.3) is 0 Å². The lowest BCUT2D eigenvalue weighted by molar-refractivity contribution is 0.475. The predicted molar refractivity (Wildman–Crippen MR) is 89.1 cm³/mol. The van der Waals surface area contributed by atoms with Gasteiger partial charge in [-0.15, -0.1) is 0 Å². The van der Waals surface area contributed by atoms with Gasteiger partial charge in [0.15, 0.2) is 0 Å². The van der Waals surface area contributed by atoms with Gasteiger partial charge in [0, 0.05) is 36.1 Å². The van der Waals surface area contributed by atoms with Crippen LogP contribution in [0.4, 0.5) is 11.5 Å². The number of rotatable bonds is 4. The maximum atomic E-state index is 10.6. The average molecular weight is 311 g/mol. The van der Waals surface area contributed by atoms with Gasteiger partial charge in [-0.25, -0.2) is 4.98 Å². The van der Waals surface area contributed by atoms with Crippen LogP contribution in [0.25, 0.3) is 0 Å². The van der Waals surface area contributed by atoms with E-state index in [1.807, 2.05) is 4.90 Å². The Morgan fingerprint density at radius 1 is 1.39 bits per heavy atom. The van der Waals surface area contributed by atoms with Crippen LogP contribution in [0.1, 0.15) is 17.5 Å². The van der Waals surface area contributed by atoms with Gasteiger partial charge in [-0.05, 0) is 36.8 Å². The molecule has 1 atom stereocenters. The smallest absolute Gasteiger partial charge is 0.129 e. The largest absolute Gasteiger partial charge is 0.508 e. The zero-order chi connectivity index (χ0) is 16.4. The van der Waals surface area contributed by atoms with Gasteiger partial charge in [-0.1, -0.05) is 5.18 Å². The Balaban J connectivity index is 1.89. The van der Waals surface area contributed by atoms with Crippen molar-refractivity contribution in [3.8, 4) is 5.75 Å². The zero-order valence-corrected chi connectivity index (χ0v) is 12.4. The Labute approximate surface area is 133 Å². The Bertz CT molecular complexity index is 762. The molecule has 0 radical (unpaired) electrons. The minimum Gasteiger partial charge on any atom is -0.508 e. The highest BCUT2D eigenvalue weighted by Gasteiger charge is 2.24. The van der Waals surface area contributed by atoms with Crippen molar-refractivity contribution >= 4 is 17.2 Å². The summed E-state index contributed by atoms with van der Waals surface area (Å²) in [5.74, 6) is 0.768. The van der Waals surface area contributed by atoms with Crippen LogP contribution in [0.3, 0.4) is 0 Å². The lowest BCUT2D eigenvalue weighted by atomic mass is 10.0. The Morgan fingerprint density at radius 2 is 2.22 bits per heavy atom. The molecule has 7 heteroatoms. The van der Waals surface area contributed by atoms with E-state index in [1.165, 1.54) is 12.1 Å². The standard InChI is InChI=1S/C16H17N5O2/c17-14-2-1-12(22)8-13(14)16(18)10-3-5-19-15(7-10)21-6-4-11(9-21)20-23/h1-3,5,7-8,11,18,22H,4,6,9,17H2/t11-/m0/s1. The summed E-state index contributed by atoms with van der Waals surface area (Å²) in [4.78, 5) is 16.9. The highest BCUT2D eigenvalue weighted by Crippen LogP contribution is 2.24. The number of nitrogen functional groups attached to an aromatic ring is 1. The highest BCUT2D eigenvalue weighted by molar-refractivity contribution is 6.14. The number of pyridine rings is 1. The second-order valence-corrected chi connectivity index (χ2v) is 5.54. The van der Waals surface area contributed by atoms with Crippen LogP contribution in [0.2, 0.25) is 0 Å². The van der Waals surface area contributed by atoms with Crippen molar-refractivity contribution in [2.24, 2.45) is 5.18 Å². The maximum absolute atomic E-state index is 10.6. The van der Waals surface area contributed by atoms with E-state index >= 15 is 0 Å². The molecule has 1 fully saturated rings. The zero-order valence-electron chi connectivity index (χ0n) is 12.4. The van der Waals surface area contributed by atoms with Gasteiger partial charge in [-0.3, -0.25) is 5.41 Å². The van der Waals surface area contributed by atoms with Crippen molar-refractivity contribution in [1.82, 2.24) is 4.98 Å². The third-order valence-electron chi connectivity index (χ3n) is 3.98. The summed E-state index contributed by atoms with van der Waals surface area (Å²) >= 11 is 0. The summed E-state index contributed by atoms with van der Waals surface area (Å²) in [6.07, 6.45) is 2.34. The number of aromatic hydroxyl groups is 1. The van der Waals surface area contributed by atoms with E-state index in [0.717, 1.165) is 0 Å². The molecule has 0 aliphatic carbocycles. The summed E-state index contributed by atoms with van der Waals surface area (Å²) in [5, 5.41) is 21.0. The number of nitrogens with one attached hydrogen (secondary N) is 1. The number of hydrogen-bond donors (Lipinski definition) is 3. The quantitative estimate of drug-likeness (QED) is 0.346. The van der Waals surface area contributed by atoms with Gasteiger partial charge in [-0.2, -0.15) is 4.91 Å². The number of benzene rings is 1. The molecule has 1 aromatic heterocycles. The number of aromatic nitrogens is 1. The molecule has 2 aromatic rings. The lowest BCUT2D eigenvalue weighted by Gasteiger charge is -2.17. The first-order valence-corrected chi connectivity index (χ1v) is 7.29. The molecule has 0 bridgehead atoms. The van der Waals surface area contributed by atoms with Gasteiger partial charge >= 0.3 is 0 Å². The molecule has 2 heterocycles. The molecule has 118 valence electrons. The fourth-order valence-corrected chi connectivity index (χ4v) is 2.70. The van der Waals surface area contributed by atoms with Crippen molar-refractivity contribution in [2.45, 2.75) is 12.5 Å². The minimum absolute atomic E-state index is 0.0627. The minimum atomic E-state index is -0.207. The first-order valence-electron chi connectivity index (χ1n) is 7.29. The number of hydrogen-bond acceptors (Lipinski definition) is 7. The molecule has 1 aliphatic rings. The summed E-state index contributed by atoms with van der Waals surface area (Å²) in [6, 6.07) is 7.84. The Kier molecular flexibility index (Phi) is 3.92. The van der Waals surface area contributed by atoms with Crippen LogP contribution in [-0.2, 0) is 0 Å². The molecule has 1 aliphatic heterocycles. The molecule has 0 unspecified atom stereocenters. The molecule has 23 heavy (non-hydrogen) atoms. The first kappa shape index (κ1) is 15.0. The average Bonchev–Trinajstić information content (AvgIpc) is 3.06. The molecule has 4 N–H and O–H groups in total. The van der Waals surface area contributed by atoms with Crippen molar-refractivity contribution in [3.63, 3.8) is 0 Å². The molecule has 1 aromatic carbocycles. The van der Waals surface area contributed by atoms with E-state index in [9.17, 15) is 10.0 Å². The van der Waals surface area contributed by atoms with E-state index in [1.54, 1.807) is 24.4 Å². The summed E-state index contributed by atoms with van der Waals surface area (Å²) < 4.78 is 0. The number of anilines is 2. The number of nitrogens with two attached hydrogens (primary N) is 1. The normalized spacial score (nSPS) is 17.2. The summed E-state index contributed by atoms with van der Waals surface area (Å²) in [7, 11) is 0. The topological polar surface area (TPSA) is 116 Å². The Hall–Kier alpha value is -2.96. The third kappa shape index (κ3) is 2.98. The van der Waals surface area contributed by atoms with Gasteiger partial charge in [0.05, 0.1) is 5.71 Å². The second-order valence-electron chi connectivity index (χ2n) is 5.54. The van der Waals surface area contributed by atoms with Crippen molar-refractivity contribution < 1.29 is 5.11 Å². The maximum Gasteiger partial charge on any atom is 0.129 e. The van der Waals surface area contributed by atoms with Gasteiger partial charge in [0.2, 0.25) is 0 Å². The van der Waals surface area contributed by atoms with E-state index < -0.39 is 0 Å². The molecular weight excluding hydrogens is 294 g/mol. The van der Waals surface area contributed by atoms with Gasteiger partial charge in [0.1, 0.15) is 17.6 Å². The fourth-order valence-electron chi connectivity index (χ4n) is 2.70. The molecule has 0 amide bonds. The van der Waals surface area contributed by atoms with Crippen LogP contribution in [-0.4, -0.2) is 34.9 Å². The molecule has 7 nitrogen and oxygen atoms in total. The number of nitrogens with zero attached hydrogens (tertiary/aromatic N) is 3. The third-order valence-corrected chi connectivity index (χ3v) is 3.98. The van der Waals surface area contributed by atoms with E-state index in [4.69, 9.17) is 11.1 Å². The molecular formula is C16H17N5O2. The Morgan fingerprint density at radius 3 is 2.96 bits per heavy atom. The number of phenolic OH excluding ortho intramolecular Hbond substituents is 1. The van der Waals surface area contributed by atoms with E-state index in [0.29, 0.717) is 42.1 Å². The van der Waals surface area contributed by atoms with Crippen molar-refractivity contribution in [3.05, 3.63) is 52.6 Å². The van der Waals surface area contributed by atoms with Crippen LogP contribution < -0.4 is 10.6 Å². The summed E-state index contributed by atoms with van der Waals surface area (Å²) in [5.41, 5.74) is 7.66. The lowest BCUT2D eigenvalue weighted by Crippen LogP contribution is -2.22.